The van der Waals surface area contributed by atoms with Crippen molar-refractivity contribution in [3.63, 3.8) is 0 Å². The van der Waals surface area contributed by atoms with Crippen molar-refractivity contribution in [2.75, 3.05) is 0 Å². The number of para-hydroxylation sites is 2. The molecule has 0 aliphatic carbocycles. The summed E-state index contributed by atoms with van der Waals surface area (Å²) in [7, 11) is 0. The maximum atomic E-state index is 5.17. The van der Waals surface area contributed by atoms with Crippen LogP contribution < -0.4 is 16.4 Å². The third-order valence-corrected chi connectivity index (χ3v) is 9.38. The van der Waals surface area contributed by atoms with Crippen molar-refractivity contribution >= 4 is 55.7 Å². The minimum Gasteiger partial charge on any atom is -0.292 e. The molecule has 8 aromatic rings. The number of rotatable bonds is 2. The molecular weight excluding hydrogens is 507 g/mol. The van der Waals surface area contributed by atoms with E-state index in [-0.39, 0.29) is 6.71 Å². The van der Waals surface area contributed by atoms with Gasteiger partial charge in [0.15, 0.2) is 0 Å². The first-order valence-electron chi connectivity index (χ1n) is 14.6. The summed E-state index contributed by atoms with van der Waals surface area (Å²) in [5.41, 5.74) is 13.9. The Morgan fingerprint density at radius 2 is 1.07 bits per heavy atom. The lowest BCUT2D eigenvalue weighted by molar-refractivity contribution is 1.10. The molecule has 0 N–H and O–H groups in total. The Labute approximate surface area is 243 Å². The Balaban J connectivity index is 1.40. The van der Waals surface area contributed by atoms with Crippen LogP contribution in [0.4, 0.5) is 0 Å². The van der Waals surface area contributed by atoms with Gasteiger partial charge in [-0.3, -0.25) is 4.57 Å². The van der Waals surface area contributed by atoms with Crippen LogP contribution in [0.15, 0.2) is 140 Å². The van der Waals surface area contributed by atoms with Gasteiger partial charge in [0.2, 0.25) is 6.71 Å². The fourth-order valence-corrected chi connectivity index (χ4v) is 7.74. The van der Waals surface area contributed by atoms with Crippen LogP contribution in [0.3, 0.4) is 0 Å². The van der Waals surface area contributed by atoms with E-state index < -0.39 is 0 Å². The highest BCUT2D eigenvalue weighted by atomic mass is 15.1. The van der Waals surface area contributed by atoms with Crippen molar-refractivity contribution in [1.29, 1.82) is 0 Å². The van der Waals surface area contributed by atoms with E-state index in [1.54, 1.807) is 0 Å². The van der Waals surface area contributed by atoms with E-state index in [9.17, 15) is 0 Å². The summed E-state index contributed by atoms with van der Waals surface area (Å²) in [5, 5.41) is 5.34. The number of fused-ring (bicyclic) bond motifs is 5. The summed E-state index contributed by atoms with van der Waals surface area (Å²) in [6, 6.07) is 51.1. The topological polar surface area (TPSA) is 17.8 Å². The van der Waals surface area contributed by atoms with E-state index in [2.05, 4.69) is 144 Å². The molecule has 192 valence electrons. The average Bonchev–Trinajstić information content (AvgIpc) is 3.44. The number of hydrogen-bond acceptors (Lipinski definition) is 1. The predicted molar refractivity (Wildman–Crippen MR) is 177 cm³/mol. The number of aromatic nitrogens is 2. The zero-order valence-electron chi connectivity index (χ0n) is 22.8. The van der Waals surface area contributed by atoms with Crippen LogP contribution in [0.2, 0.25) is 0 Å². The van der Waals surface area contributed by atoms with Crippen LogP contribution in [0.25, 0.3) is 71.9 Å². The first-order valence-corrected chi connectivity index (χ1v) is 14.6. The first-order chi connectivity index (χ1) is 20.8. The second kappa shape index (κ2) is 8.08. The second-order valence-electron chi connectivity index (χ2n) is 11.5. The maximum absolute atomic E-state index is 5.17. The molecule has 0 unspecified atom stereocenters. The molecule has 42 heavy (non-hydrogen) atoms. The number of nitrogens with zero attached hydrogens (tertiary/aromatic N) is 2. The highest BCUT2D eigenvalue weighted by Gasteiger charge is 2.38. The summed E-state index contributed by atoms with van der Waals surface area (Å²) >= 11 is 0. The lowest BCUT2D eigenvalue weighted by atomic mass is 9.31. The van der Waals surface area contributed by atoms with Crippen LogP contribution in [-0.2, 0) is 0 Å². The summed E-state index contributed by atoms with van der Waals surface area (Å²) in [6.45, 7) is 0.189. The third-order valence-electron chi connectivity index (χ3n) is 9.38. The molecular formula is C39H23BN2. The summed E-state index contributed by atoms with van der Waals surface area (Å²) in [4.78, 5) is 5.17. The Morgan fingerprint density at radius 1 is 0.500 bits per heavy atom. The standard InChI is InChI=1S/C39H23BN2/c1-2-10-26(11-3-1)39-41-34-20-4-5-21-35(34)42(39)27-22-30-28-16-6-12-24-14-8-18-32(36(24)28)40-33-19-9-15-25-13-7-17-29(37(25)33)31(23-27)38(30)40/h1-23H. The molecule has 0 saturated heterocycles. The SMILES string of the molecule is c1ccc(-c2nc3ccccc3n2-c2cc3c4c(c2)-c2cccc5cccc(c25)B4c2cccc4cccc-3c24)cc1. The monoisotopic (exact) mass is 530 g/mol. The van der Waals surface area contributed by atoms with Crippen LogP contribution in [-0.4, -0.2) is 16.3 Å². The van der Waals surface area contributed by atoms with Gasteiger partial charge >= 0.3 is 0 Å². The lowest BCUT2D eigenvalue weighted by Crippen LogP contribution is -2.57. The van der Waals surface area contributed by atoms with E-state index >= 15 is 0 Å². The van der Waals surface area contributed by atoms with Crippen molar-refractivity contribution in [2.45, 2.75) is 0 Å². The van der Waals surface area contributed by atoms with E-state index in [0.29, 0.717) is 0 Å². The van der Waals surface area contributed by atoms with E-state index in [4.69, 9.17) is 4.98 Å². The summed E-state index contributed by atoms with van der Waals surface area (Å²) in [5.74, 6) is 0.962. The molecule has 1 aromatic heterocycles. The predicted octanol–water partition coefficient (Wildman–Crippen LogP) is 7.48. The van der Waals surface area contributed by atoms with E-state index in [0.717, 1.165) is 28.1 Å². The zero-order chi connectivity index (χ0) is 27.4. The van der Waals surface area contributed by atoms with Gasteiger partial charge in [0.25, 0.3) is 0 Å². The normalized spacial score (nSPS) is 12.7. The Bertz CT molecular complexity index is 2300. The number of benzene rings is 7. The van der Waals surface area contributed by atoms with Crippen molar-refractivity contribution in [2.24, 2.45) is 0 Å². The fraction of sp³-hybridized carbons (Fsp3) is 0. The highest BCUT2D eigenvalue weighted by Crippen LogP contribution is 2.41. The van der Waals surface area contributed by atoms with Gasteiger partial charge in [-0.2, -0.15) is 0 Å². The van der Waals surface area contributed by atoms with Gasteiger partial charge in [0, 0.05) is 11.3 Å². The van der Waals surface area contributed by atoms with Crippen LogP contribution >= 0.6 is 0 Å². The molecule has 2 nitrogen and oxygen atoms in total. The fourth-order valence-electron chi connectivity index (χ4n) is 7.74. The molecule has 0 saturated carbocycles. The molecule has 0 fully saturated rings. The molecule has 10 rings (SSSR count). The molecule has 2 aliphatic rings. The van der Waals surface area contributed by atoms with Crippen molar-refractivity contribution < 1.29 is 0 Å². The highest BCUT2D eigenvalue weighted by molar-refractivity contribution is 7.01. The van der Waals surface area contributed by atoms with Crippen molar-refractivity contribution in [3.05, 3.63) is 140 Å². The van der Waals surface area contributed by atoms with E-state index in [1.807, 2.05) is 0 Å². The second-order valence-corrected chi connectivity index (χ2v) is 11.5. The molecule has 2 aliphatic heterocycles. The third kappa shape index (κ3) is 2.82. The summed E-state index contributed by atoms with van der Waals surface area (Å²) in [6.07, 6.45) is 0. The Kier molecular flexibility index (Phi) is 4.29. The number of hydrogen-bond donors (Lipinski definition) is 0. The molecule has 7 aromatic carbocycles. The zero-order valence-corrected chi connectivity index (χ0v) is 22.8. The lowest BCUT2D eigenvalue weighted by Gasteiger charge is -2.34. The summed E-state index contributed by atoms with van der Waals surface area (Å²) < 4.78 is 2.36. The van der Waals surface area contributed by atoms with Crippen molar-refractivity contribution in [1.82, 2.24) is 9.55 Å². The minimum atomic E-state index is 0.189. The molecule has 0 bridgehead atoms. The Hall–Kier alpha value is -5.41. The molecule has 0 amide bonds. The first kappa shape index (κ1) is 22.3. The molecule has 3 heterocycles. The quantitative estimate of drug-likeness (QED) is 0.212. The van der Waals surface area contributed by atoms with Crippen LogP contribution in [0, 0.1) is 0 Å². The minimum absolute atomic E-state index is 0.189. The van der Waals surface area contributed by atoms with Gasteiger partial charge in [-0.1, -0.05) is 132 Å². The maximum Gasteiger partial charge on any atom is 0.244 e. The van der Waals surface area contributed by atoms with Gasteiger partial charge in [0.05, 0.1) is 11.0 Å². The molecule has 0 radical (unpaired) electrons. The van der Waals surface area contributed by atoms with Gasteiger partial charge < -0.3 is 0 Å². The smallest absolute Gasteiger partial charge is 0.244 e. The van der Waals surface area contributed by atoms with Gasteiger partial charge in [-0.25, -0.2) is 4.98 Å². The van der Waals surface area contributed by atoms with Crippen LogP contribution in [0.5, 0.6) is 0 Å². The molecule has 0 atom stereocenters. The van der Waals surface area contributed by atoms with Crippen molar-refractivity contribution in [3.8, 4) is 39.3 Å². The van der Waals surface area contributed by atoms with Gasteiger partial charge in [-0.05, 0) is 68.1 Å². The van der Waals surface area contributed by atoms with E-state index in [1.165, 1.54) is 60.2 Å². The van der Waals surface area contributed by atoms with Crippen LogP contribution in [0.1, 0.15) is 0 Å². The largest absolute Gasteiger partial charge is 0.292 e. The average molecular weight is 530 g/mol. The van der Waals surface area contributed by atoms with Gasteiger partial charge in [0.1, 0.15) is 5.82 Å². The number of imidazole rings is 1. The molecule has 3 heteroatoms. The Morgan fingerprint density at radius 3 is 1.71 bits per heavy atom. The van der Waals surface area contributed by atoms with Gasteiger partial charge in [-0.15, -0.1) is 0 Å². The molecule has 0 spiro atoms.